The maximum absolute atomic E-state index is 13.1. The molecule has 0 aliphatic carbocycles. The van der Waals surface area contributed by atoms with Crippen LogP contribution in [0.15, 0.2) is 30.5 Å². The van der Waals surface area contributed by atoms with Crippen molar-refractivity contribution in [2.75, 3.05) is 6.61 Å². The quantitative estimate of drug-likeness (QED) is 0.721. The van der Waals surface area contributed by atoms with Crippen LogP contribution in [-0.2, 0) is 10.9 Å². The molecule has 3 rings (SSSR count). The molecule has 0 unspecified atom stereocenters. The highest BCUT2D eigenvalue weighted by Crippen LogP contribution is 2.36. The third-order valence-electron chi connectivity index (χ3n) is 3.36. The van der Waals surface area contributed by atoms with E-state index in [0.29, 0.717) is 5.56 Å². The Morgan fingerprint density at radius 3 is 2.78 bits per heavy atom. The van der Waals surface area contributed by atoms with Gasteiger partial charge in [-0.2, -0.15) is 18.3 Å². The Morgan fingerprint density at radius 2 is 2.09 bits per heavy atom. The van der Waals surface area contributed by atoms with Crippen LogP contribution < -0.4 is 0 Å². The molecule has 0 atom stereocenters. The number of rotatable bonds is 3. The Balaban J connectivity index is 2.18. The highest BCUT2D eigenvalue weighted by molar-refractivity contribution is 5.98. The van der Waals surface area contributed by atoms with Gasteiger partial charge in [0.25, 0.3) is 0 Å². The Kier molecular flexibility index (Phi) is 3.59. The van der Waals surface area contributed by atoms with E-state index in [1.165, 1.54) is 6.92 Å². The number of esters is 1. The number of nitrogens with one attached hydrogen (secondary N) is 2. The number of halogens is 3. The molecule has 2 N–H and O–H groups in total. The van der Waals surface area contributed by atoms with Gasteiger partial charge in [0.05, 0.1) is 6.61 Å². The summed E-state index contributed by atoms with van der Waals surface area (Å²) in [5.74, 6) is -1.06. The lowest BCUT2D eigenvalue weighted by Gasteiger charge is -2.08. The van der Waals surface area contributed by atoms with Crippen molar-refractivity contribution in [1.29, 1.82) is 0 Å². The third-order valence-corrected chi connectivity index (χ3v) is 3.36. The predicted octanol–water partition coefficient (Wildman–Crippen LogP) is 3.75. The summed E-state index contributed by atoms with van der Waals surface area (Å²) in [6.45, 7) is 1.49. The number of hydrogen-bond donors (Lipinski definition) is 2. The summed E-state index contributed by atoms with van der Waals surface area (Å²) < 4.78 is 44.0. The standard InChI is InChI=1S/C15H12F3N3O2/c1-2-23-14(22)11-12(20-21-13(11)15(16,17)18)9-3-4-10-8(7-9)5-6-19-10/h3-7,19H,2H2,1H3,(H,20,21). The van der Waals surface area contributed by atoms with Gasteiger partial charge in [0.1, 0.15) is 11.3 Å². The molecule has 0 aliphatic heterocycles. The number of carbonyl (C=O) groups is 1. The Bertz CT molecular complexity index is 864. The number of fused-ring (bicyclic) bond motifs is 1. The van der Waals surface area contributed by atoms with Crippen molar-refractivity contribution in [2.24, 2.45) is 0 Å². The average molecular weight is 323 g/mol. The molecule has 1 aromatic carbocycles. The van der Waals surface area contributed by atoms with Gasteiger partial charge < -0.3 is 9.72 Å². The molecular weight excluding hydrogens is 311 g/mol. The lowest BCUT2D eigenvalue weighted by molar-refractivity contribution is -0.141. The summed E-state index contributed by atoms with van der Waals surface area (Å²) in [4.78, 5) is 15.0. The van der Waals surface area contributed by atoms with Crippen molar-refractivity contribution in [2.45, 2.75) is 13.1 Å². The van der Waals surface area contributed by atoms with E-state index in [0.717, 1.165) is 10.9 Å². The molecule has 0 fully saturated rings. The molecule has 0 amide bonds. The third kappa shape index (κ3) is 2.67. The van der Waals surface area contributed by atoms with Crippen LogP contribution in [0.1, 0.15) is 23.0 Å². The van der Waals surface area contributed by atoms with Gasteiger partial charge in [0.15, 0.2) is 5.69 Å². The average Bonchev–Trinajstić information content (AvgIpc) is 3.12. The number of hydrogen-bond acceptors (Lipinski definition) is 3. The summed E-state index contributed by atoms with van der Waals surface area (Å²) in [6, 6.07) is 6.74. The molecule has 0 spiro atoms. The van der Waals surface area contributed by atoms with E-state index in [1.807, 2.05) is 5.10 Å². The molecule has 3 aromatic rings. The number of aromatic nitrogens is 3. The van der Waals surface area contributed by atoms with Gasteiger partial charge in [-0.05, 0) is 25.1 Å². The van der Waals surface area contributed by atoms with Crippen LogP contribution in [0.4, 0.5) is 13.2 Å². The maximum atomic E-state index is 13.1. The number of alkyl halides is 3. The fourth-order valence-electron chi connectivity index (χ4n) is 2.36. The minimum absolute atomic E-state index is 0.0302. The van der Waals surface area contributed by atoms with E-state index >= 15 is 0 Å². The van der Waals surface area contributed by atoms with Crippen molar-refractivity contribution in [3.05, 3.63) is 41.7 Å². The topological polar surface area (TPSA) is 70.8 Å². The molecule has 2 aromatic heterocycles. The number of ether oxygens (including phenoxy) is 1. The monoisotopic (exact) mass is 323 g/mol. The van der Waals surface area contributed by atoms with Gasteiger partial charge in [-0.25, -0.2) is 4.79 Å². The zero-order valence-corrected chi connectivity index (χ0v) is 12.0. The number of nitrogens with zero attached hydrogens (tertiary/aromatic N) is 1. The molecule has 5 nitrogen and oxygen atoms in total. The molecule has 0 bridgehead atoms. The van der Waals surface area contributed by atoms with Crippen LogP contribution in [0.2, 0.25) is 0 Å². The van der Waals surface area contributed by atoms with Crippen molar-refractivity contribution in [1.82, 2.24) is 15.2 Å². The van der Waals surface area contributed by atoms with E-state index in [2.05, 4.69) is 10.1 Å². The van der Waals surface area contributed by atoms with Crippen molar-refractivity contribution < 1.29 is 22.7 Å². The fourth-order valence-corrected chi connectivity index (χ4v) is 2.36. The van der Waals surface area contributed by atoms with Crippen LogP contribution in [-0.4, -0.2) is 27.8 Å². The van der Waals surface area contributed by atoms with Gasteiger partial charge in [-0.1, -0.05) is 6.07 Å². The van der Waals surface area contributed by atoms with E-state index in [1.54, 1.807) is 30.5 Å². The lowest BCUT2D eigenvalue weighted by atomic mass is 10.0. The van der Waals surface area contributed by atoms with Crippen LogP contribution in [0.5, 0.6) is 0 Å². The number of H-pyrrole nitrogens is 2. The summed E-state index contributed by atoms with van der Waals surface area (Å²) in [6.07, 6.45) is -3.02. The first-order valence-corrected chi connectivity index (χ1v) is 6.82. The minimum Gasteiger partial charge on any atom is -0.462 e. The molecule has 23 heavy (non-hydrogen) atoms. The van der Waals surface area contributed by atoms with Crippen molar-refractivity contribution in [3.63, 3.8) is 0 Å². The number of carbonyl (C=O) groups excluding carboxylic acids is 1. The minimum atomic E-state index is -4.73. The molecule has 2 heterocycles. The van der Waals surface area contributed by atoms with Crippen LogP contribution in [0, 0.1) is 0 Å². The van der Waals surface area contributed by atoms with Gasteiger partial charge in [-0.3, -0.25) is 5.10 Å². The first-order chi connectivity index (χ1) is 10.9. The fraction of sp³-hybridized carbons (Fsp3) is 0.200. The summed E-state index contributed by atoms with van der Waals surface area (Å²) >= 11 is 0. The highest BCUT2D eigenvalue weighted by Gasteiger charge is 2.40. The second kappa shape index (κ2) is 5.45. The molecular formula is C15H12F3N3O2. The molecule has 0 saturated heterocycles. The normalized spacial score (nSPS) is 11.8. The van der Waals surface area contributed by atoms with Gasteiger partial charge in [-0.15, -0.1) is 0 Å². The summed E-state index contributed by atoms with van der Waals surface area (Å²) in [5.41, 5.74) is -0.668. The van der Waals surface area contributed by atoms with Crippen LogP contribution in [0.3, 0.4) is 0 Å². The van der Waals surface area contributed by atoms with E-state index in [9.17, 15) is 18.0 Å². The zero-order valence-electron chi connectivity index (χ0n) is 12.0. The summed E-state index contributed by atoms with van der Waals surface area (Å²) in [5, 5.41) is 6.40. The van der Waals surface area contributed by atoms with Gasteiger partial charge >= 0.3 is 12.1 Å². The Hall–Kier alpha value is -2.77. The first-order valence-electron chi connectivity index (χ1n) is 6.82. The van der Waals surface area contributed by atoms with Gasteiger partial charge in [0, 0.05) is 22.7 Å². The van der Waals surface area contributed by atoms with Crippen molar-refractivity contribution >= 4 is 16.9 Å². The molecule has 120 valence electrons. The Labute approximate surface area is 128 Å². The van der Waals surface area contributed by atoms with E-state index < -0.39 is 23.4 Å². The second-order valence-corrected chi connectivity index (χ2v) is 4.82. The van der Waals surface area contributed by atoms with Gasteiger partial charge in [0.2, 0.25) is 0 Å². The molecule has 0 radical (unpaired) electrons. The Morgan fingerprint density at radius 1 is 1.30 bits per heavy atom. The maximum Gasteiger partial charge on any atom is 0.433 e. The first kappa shape index (κ1) is 15.1. The zero-order chi connectivity index (χ0) is 16.6. The van der Waals surface area contributed by atoms with Crippen LogP contribution >= 0.6 is 0 Å². The molecule has 0 aliphatic rings. The molecule has 8 heteroatoms. The highest BCUT2D eigenvalue weighted by atomic mass is 19.4. The summed E-state index contributed by atoms with van der Waals surface area (Å²) in [7, 11) is 0. The number of benzene rings is 1. The van der Waals surface area contributed by atoms with E-state index in [-0.39, 0.29) is 12.3 Å². The van der Waals surface area contributed by atoms with Crippen molar-refractivity contribution in [3.8, 4) is 11.3 Å². The van der Waals surface area contributed by atoms with E-state index in [4.69, 9.17) is 4.74 Å². The number of aromatic amines is 2. The SMILES string of the molecule is CCOC(=O)c1c(-c2ccc3[nH]ccc3c2)n[nH]c1C(F)(F)F. The lowest BCUT2D eigenvalue weighted by Crippen LogP contribution is -2.14. The molecule has 0 saturated carbocycles. The smallest absolute Gasteiger partial charge is 0.433 e. The predicted molar refractivity (Wildman–Crippen MR) is 76.8 cm³/mol. The van der Waals surface area contributed by atoms with Crippen LogP contribution in [0.25, 0.3) is 22.2 Å². The largest absolute Gasteiger partial charge is 0.462 e. The second-order valence-electron chi connectivity index (χ2n) is 4.82.